The summed E-state index contributed by atoms with van der Waals surface area (Å²) in [6, 6.07) is 9.00. The van der Waals surface area contributed by atoms with Gasteiger partial charge in [-0.05, 0) is 49.6 Å². The molecule has 164 valence electrons. The standard InChI is InChI=1S/C21H24Cl2N6OS/c1-3-20-25-28(14-27-10-8-26(2)9-11-27)21(31)29(20)24-13-16-5-7-19(30-16)17-6-4-15(22)12-18(17)23/h4-7,12-13H,3,8-11,14H2,1-2H3/b24-13+. The van der Waals surface area contributed by atoms with Gasteiger partial charge in [0.25, 0.3) is 0 Å². The zero-order valence-corrected chi connectivity index (χ0v) is 19.8. The van der Waals surface area contributed by atoms with Crippen LogP contribution in [0, 0.1) is 4.77 Å². The first kappa shape index (κ1) is 22.2. The molecule has 31 heavy (non-hydrogen) atoms. The van der Waals surface area contributed by atoms with E-state index < -0.39 is 0 Å². The van der Waals surface area contributed by atoms with E-state index in [1.807, 2.05) is 29.8 Å². The van der Waals surface area contributed by atoms with Crippen molar-refractivity contribution in [3.05, 3.63) is 56.7 Å². The lowest BCUT2D eigenvalue weighted by molar-refractivity contribution is 0.118. The SMILES string of the molecule is CCc1nn(CN2CCN(C)CC2)c(=S)n1/N=C/c1ccc(-c2ccc(Cl)cc2Cl)o1. The first-order chi connectivity index (χ1) is 14.9. The first-order valence-corrected chi connectivity index (χ1v) is 11.3. The molecule has 1 aromatic carbocycles. The van der Waals surface area contributed by atoms with Gasteiger partial charge in [0.1, 0.15) is 11.5 Å². The van der Waals surface area contributed by atoms with Crippen LogP contribution in [0.1, 0.15) is 18.5 Å². The molecular formula is C21H24Cl2N6OS. The zero-order valence-electron chi connectivity index (χ0n) is 17.5. The number of aryl methyl sites for hydroxylation is 1. The van der Waals surface area contributed by atoms with Crippen LogP contribution >= 0.6 is 35.4 Å². The summed E-state index contributed by atoms with van der Waals surface area (Å²) in [5, 5.41) is 10.3. The molecule has 0 spiro atoms. The number of benzene rings is 1. The molecule has 4 rings (SSSR count). The fraction of sp³-hybridized carbons (Fsp3) is 0.381. The molecule has 0 N–H and O–H groups in total. The minimum absolute atomic E-state index is 0.533. The molecule has 1 fully saturated rings. The average molecular weight is 479 g/mol. The molecule has 0 bridgehead atoms. The maximum Gasteiger partial charge on any atom is 0.220 e. The number of halogens is 2. The minimum Gasteiger partial charge on any atom is -0.455 e. The maximum absolute atomic E-state index is 6.28. The van der Waals surface area contributed by atoms with Crippen molar-refractivity contribution in [3.8, 4) is 11.3 Å². The topological polar surface area (TPSA) is 54.7 Å². The van der Waals surface area contributed by atoms with E-state index in [2.05, 4.69) is 27.0 Å². The second-order valence-electron chi connectivity index (χ2n) is 7.50. The highest BCUT2D eigenvalue weighted by atomic mass is 35.5. The van der Waals surface area contributed by atoms with E-state index in [9.17, 15) is 0 Å². The Morgan fingerprint density at radius 3 is 2.65 bits per heavy atom. The van der Waals surface area contributed by atoms with E-state index in [0.29, 0.717) is 33.0 Å². The Labute approximate surface area is 196 Å². The van der Waals surface area contributed by atoms with Crippen molar-refractivity contribution in [2.24, 2.45) is 5.10 Å². The zero-order chi connectivity index (χ0) is 22.0. The monoisotopic (exact) mass is 478 g/mol. The van der Waals surface area contributed by atoms with Crippen molar-refractivity contribution >= 4 is 41.6 Å². The van der Waals surface area contributed by atoms with Gasteiger partial charge in [-0.2, -0.15) is 14.9 Å². The van der Waals surface area contributed by atoms with Crippen LogP contribution in [-0.2, 0) is 13.1 Å². The predicted molar refractivity (Wildman–Crippen MR) is 127 cm³/mol. The second kappa shape index (κ2) is 9.67. The van der Waals surface area contributed by atoms with Crippen molar-refractivity contribution in [1.82, 2.24) is 24.3 Å². The summed E-state index contributed by atoms with van der Waals surface area (Å²) in [5.74, 6) is 2.05. The number of aromatic nitrogens is 3. The summed E-state index contributed by atoms with van der Waals surface area (Å²) in [6.45, 7) is 6.80. The van der Waals surface area contributed by atoms with Crippen molar-refractivity contribution in [2.45, 2.75) is 20.0 Å². The number of hydrogen-bond donors (Lipinski definition) is 0. The number of nitrogens with zero attached hydrogens (tertiary/aromatic N) is 6. The molecule has 1 aliphatic rings. The first-order valence-electron chi connectivity index (χ1n) is 10.1. The van der Waals surface area contributed by atoms with Gasteiger partial charge in [0.2, 0.25) is 4.77 Å². The molecule has 1 saturated heterocycles. The van der Waals surface area contributed by atoms with Crippen molar-refractivity contribution in [2.75, 3.05) is 33.2 Å². The highest BCUT2D eigenvalue weighted by molar-refractivity contribution is 7.71. The van der Waals surface area contributed by atoms with Crippen LogP contribution in [0.4, 0.5) is 0 Å². The molecule has 10 heteroatoms. The highest BCUT2D eigenvalue weighted by Gasteiger charge is 2.17. The fourth-order valence-corrected chi connectivity index (χ4v) is 4.18. The van der Waals surface area contributed by atoms with Gasteiger partial charge in [-0.1, -0.05) is 30.1 Å². The van der Waals surface area contributed by atoms with Gasteiger partial charge in [0.15, 0.2) is 5.82 Å². The third-order valence-corrected chi connectivity index (χ3v) is 6.18. The molecule has 0 atom stereocenters. The Morgan fingerprint density at radius 1 is 1.16 bits per heavy atom. The number of piperazine rings is 1. The Balaban J connectivity index is 1.53. The summed E-state index contributed by atoms with van der Waals surface area (Å²) < 4.78 is 10.0. The van der Waals surface area contributed by atoms with Crippen LogP contribution in [0.3, 0.4) is 0 Å². The van der Waals surface area contributed by atoms with Crippen LogP contribution in [0.2, 0.25) is 10.0 Å². The van der Waals surface area contributed by atoms with E-state index in [0.717, 1.165) is 44.0 Å². The summed E-state index contributed by atoms with van der Waals surface area (Å²) in [5.41, 5.74) is 0.775. The van der Waals surface area contributed by atoms with Gasteiger partial charge in [-0.3, -0.25) is 4.90 Å². The molecule has 0 saturated carbocycles. The number of likely N-dealkylation sites (N-methyl/N-ethyl adjacent to an activating group) is 1. The summed E-state index contributed by atoms with van der Waals surface area (Å²) >= 11 is 17.9. The van der Waals surface area contributed by atoms with E-state index in [-0.39, 0.29) is 0 Å². The van der Waals surface area contributed by atoms with Gasteiger partial charge in [0.05, 0.1) is 17.9 Å². The lowest BCUT2D eigenvalue weighted by atomic mass is 10.2. The van der Waals surface area contributed by atoms with Crippen LogP contribution in [0.15, 0.2) is 39.9 Å². The lowest BCUT2D eigenvalue weighted by Gasteiger charge is -2.31. The van der Waals surface area contributed by atoms with Gasteiger partial charge in [0, 0.05) is 43.2 Å². The van der Waals surface area contributed by atoms with Gasteiger partial charge in [-0.25, -0.2) is 4.68 Å². The van der Waals surface area contributed by atoms with E-state index in [1.54, 1.807) is 23.0 Å². The Hall–Kier alpha value is -1.97. The number of furan rings is 1. The summed E-state index contributed by atoms with van der Waals surface area (Å²) in [4.78, 5) is 4.68. The van der Waals surface area contributed by atoms with E-state index in [4.69, 9.17) is 39.8 Å². The average Bonchev–Trinajstić information content (AvgIpc) is 3.33. The van der Waals surface area contributed by atoms with Gasteiger partial charge >= 0.3 is 0 Å². The largest absolute Gasteiger partial charge is 0.455 e. The van der Waals surface area contributed by atoms with E-state index >= 15 is 0 Å². The molecule has 3 heterocycles. The highest BCUT2D eigenvalue weighted by Crippen LogP contribution is 2.31. The molecule has 0 radical (unpaired) electrons. The maximum atomic E-state index is 6.28. The molecule has 0 unspecified atom stereocenters. The number of hydrogen-bond acceptors (Lipinski definition) is 6. The van der Waals surface area contributed by atoms with E-state index in [1.165, 1.54) is 0 Å². The quantitative estimate of drug-likeness (QED) is 0.381. The summed E-state index contributed by atoms with van der Waals surface area (Å²) in [7, 11) is 2.14. The van der Waals surface area contributed by atoms with Crippen molar-refractivity contribution < 1.29 is 4.42 Å². The van der Waals surface area contributed by atoms with Crippen LogP contribution in [0.5, 0.6) is 0 Å². The van der Waals surface area contributed by atoms with Crippen molar-refractivity contribution in [3.63, 3.8) is 0 Å². The molecular weight excluding hydrogens is 455 g/mol. The molecule has 2 aromatic heterocycles. The van der Waals surface area contributed by atoms with Crippen LogP contribution in [0.25, 0.3) is 11.3 Å². The Morgan fingerprint density at radius 2 is 1.94 bits per heavy atom. The molecule has 3 aromatic rings. The normalized spacial score (nSPS) is 15.9. The van der Waals surface area contributed by atoms with Gasteiger partial charge in [-0.15, -0.1) is 0 Å². The van der Waals surface area contributed by atoms with Crippen molar-refractivity contribution in [1.29, 1.82) is 0 Å². The second-order valence-corrected chi connectivity index (χ2v) is 8.71. The molecule has 7 nitrogen and oxygen atoms in total. The number of rotatable bonds is 6. The minimum atomic E-state index is 0.533. The fourth-order valence-electron chi connectivity index (χ4n) is 3.42. The molecule has 0 aliphatic carbocycles. The Bertz CT molecular complexity index is 1140. The smallest absolute Gasteiger partial charge is 0.220 e. The third kappa shape index (κ3) is 5.10. The summed E-state index contributed by atoms with van der Waals surface area (Å²) in [6.07, 6.45) is 2.37. The Kier molecular flexibility index (Phi) is 6.93. The van der Waals surface area contributed by atoms with Gasteiger partial charge < -0.3 is 9.32 Å². The molecule has 0 amide bonds. The third-order valence-electron chi connectivity index (χ3n) is 5.25. The predicted octanol–water partition coefficient (Wildman–Crippen LogP) is 4.63. The van der Waals surface area contributed by atoms with Crippen LogP contribution < -0.4 is 0 Å². The molecule has 1 aliphatic heterocycles. The van der Waals surface area contributed by atoms with Crippen LogP contribution in [-0.4, -0.2) is 63.7 Å². The lowest BCUT2D eigenvalue weighted by Crippen LogP contribution is -2.45.